The Labute approximate surface area is 180 Å². The first kappa shape index (κ1) is 20.4. The Hall–Kier alpha value is -2.38. The molecule has 0 atom stereocenters. The number of rotatable bonds is 4. The number of hydrogen-bond acceptors (Lipinski definition) is 3. The summed E-state index contributed by atoms with van der Waals surface area (Å²) >= 11 is 6.86. The number of carbonyl (C=O) groups excluding carboxylic acids is 1. The number of phenols is 1. The fourth-order valence-electron chi connectivity index (χ4n) is 2.95. The van der Waals surface area contributed by atoms with Gasteiger partial charge >= 0.3 is 0 Å². The number of aryl methyl sites for hydroxylation is 2. The van der Waals surface area contributed by atoms with Gasteiger partial charge in [0.15, 0.2) is 0 Å². The summed E-state index contributed by atoms with van der Waals surface area (Å²) < 4.78 is 3.88. The van der Waals surface area contributed by atoms with E-state index < -0.39 is 5.91 Å². The Balaban J connectivity index is 1.82. The topological polar surface area (TPSA) is 66.6 Å². The van der Waals surface area contributed by atoms with Gasteiger partial charge < -0.3 is 9.67 Å². The first-order chi connectivity index (χ1) is 13.3. The highest BCUT2D eigenvalue weighted by Gasteiger charge is 2.12. The highest BCUT2D eigenvalue weighted by atomic mass is 79.9. The number of carbonyl (C=O) groups is 1. The number of nitrogens with one attached hydrogen (secondary N) is 1. The van der Waals surface area contributed by atoms with Crippen LogP contribution in [-0.4, -0.2) is 21.8 Å². The van der Waals surface area contributed by atoms with Gasteiger partial charge in [0.25, 0.3) is 5.91 Å². The summed E-state index contributed by atoms with van der Waals surface area (Å²) in [5.41, 5.74) is 7.81. The molecule has 28 heavy (non-hydrogen) atoms. The predicted octanol–water partition coefficient (Wildman–Crippen LogP) is 5.40. The summed E-state index contributed by atoms with van der Waals surface area (Å²) in [6.45, 7) is 6.08. The summed E-state index contributed by atoms with van der Waals surface area (Å²) in [6.07, 6.45) is 1.61. The van der Waals surface area contributed by atoms with Crippen molar-refractivity contribution in [3.05, 3.63) is 79.5 Å². The molecule has 144 valence electrons. The van der Waals surface area contributed by atoms with Crippen LogP contribution >= 0.6 is 31.9 Å². The van der Waals surface area contributed by atoms with Crippen LogP contribution in [0.15, 0.2) is 56.5 Å². The third-order valence-electron chi connectivity index (χ3n) is 4.46. The lowest BCUT2D eigenvalue weighted by Gasteiger charge is -2.11. The SMILES string of the molecule is Cc1ccc(-n2c(C)cc(/C=N/NC(=O)c3cc(Br)ccc3O)c2C)cc1Br. The number of benzene rings is 2. The van der Waals surface area contributed by atoms with Crippen molar-refractivity contribution < 1.29 is 9.90 Å². The zero-order valence-corrected chi connectivity index (χ0v) is 18.8. The molecule has 3 aromatic rings. The van der Waals surface area contributed by atoms with E-state index in [0.717, 1.165) is 27.1 Å². The molecule has 3 rings (SSSR count). The molecule has 0 unspecified atom stereocenters. The number of hydrazone groups is 1. The number of nitrogens with zero attached hydrogens (tertiary/aromatic N) is 2. The van der Waals surface area contributed by atoms with Gasteiger partial charge in [0.05, 0.1) is 11.8 Å². The Bertz CT molecular complexity index is 1090. The molecule has 0 aliphatic heterocycles. The smallest absolute Gasteiger partial charge is 0.275 e. The quantitative estimate of drug-likeness (QED) is 0.369. The highest BCUT2D eigenvalue weighted by molar-refractivity contribution is 9.10. The largest absolute Gasteiger partial charge is 0.507 e. The molecule has 1 heterocycles. The second-order valence-electron chi connectivity index (χ2n) is 6.46. The summed E-state index contributed by atoms with van der Waals surface area (Å²) in [6, 6.07) is 12.9. The van der Waals surface area contributed by atoms with E-state index in [9.17, 15) is 9.90 Å². The molecule has 1 amide bonds. The summed E-state index contributed by atoms with van der Waals surface area (Å²) in [4.78, 5) is 12.2. The predicted molar refractivity (Wildman–Crippen MR) is 119 cm³/mol. The van der Waals surface area contributed by atoms with Crippen LogP contribution in [0, 0.1) is 20.8 Å². The molecule has 1 aromatic heterocycles. The number of halogens is 2. The average molecular weight is 505 g/mol. The molecule has 0 bridgehead atoms. The molecule has 0 saturated carbocycles. The summed E-state index contributed by atoms with van der Waals surface area (Å²) in [7, 11) is 0. The summed E-state index contributed by atoms with van der Waals surface area (Å²) in [5, 5.41) is 13.9. The first-order valence-corrected chi connectivity index (χ1v) is 10.1. The summed E-state index contributed by atoms with van der Waals surface area (Å²) in [5.74, 6) is -0.578. The van der Waals surface area contributed by atoms with Crippen molar-refractivity contribution in [3.63, 3.8) is 0 Å². The van der Waals surface area contributed by atoms with Crippen LogP contribution < -0.4 is 5.43 Å². The van der Waals surface area contributed by atoms with Gasteiger partial charge in [-0.15, -0.1) is 0 Å². The van der Waals surface area contributed by atoms with Crippen LogP contribution in [0.3, 0.4) is 0 Å². The fourth-order valence-corrected chi connectivity index (χ4v) is 3.68. The van der Waals surface area contributed by atoms with Gasteiger partial charge in [-0.05, 0) is 62.7 Å². The molecule has 0 spiro atoms. The van der Waals surface area contributed by atoms with E-state index in [2.05, 4.69) is 65.2 Å². The van der Waals surface area contributed by atoms with Crippen LogP contribution in [0.4, 0.5) is 0 Å². The Morgan fingerprint density at radius 2 is 1.86 bits per heavy atom. The maximum absolute atomic E-state index is 12.2. The van der Waals surface area contributed by atoms with Gasteiger partial charge in [0.2, 0.25) is 0 Å². The fraction of sp³-hybridized carbons (Fsp3) is 0.143. The van der Waals surface area contributed by atoms with Crippen molar-refractivity contribution in [2.24, 2.45) is 5.10 Å². The maximum atomic E-state index is 12.2. The molecule has 0 aliphatic carbocycles. The normalized spacial score (nSPS) is 11.2. The van der Waals surface area contributed by atoms with E-state index in [1.165, 1.54) is 11.6 Å². The van der Waals surface area contributed by atoms with Gasteiger partial charge in [-0.2, -0.15) is 5.10 Å². The van der Waals surface area contributed by atoms with Crippen molar-refractivity contribution in [2.45, 2.75) is 20.8 Å². The van der Waals surface area contributed by atoms with Crippen LogP contribution in [-0.2, 0) is 0 Å². The number of amides is 1. The number of aromatic hydroxyl groups is 1. The lowest BCUT2D eigenvalue weighted by molar-refractivity contribution is 0.0952. The maximum Gasteiger partial charge on any atom is 0.275 e. The van der Waals surface area contributed by atoms with Crippen molar-refractivity contribution in [2.75, 3.05) is 0 Å². The van der Waals surface area contributed by atoms with Crippen LogP contribution in [0.5, 0.6) is 5.75 Å². The van der Waals surface area contributed by atoms with Crippen molar-refractivity contribution in [1.29, 1.82) is 0 Å². The zero-order valence-electron chi connectivity index (χ0n) is 15.6. The van der Waals surface area contributed by atoms with Gasteiger partial charge in [0.1, 0.15) is 5.75 Å². The minimum Gasteiger partial charge on any atom is -0.507 e. The monoisotopic (exact) mass is 503 g/mol. The number of phenolic OH excluding ortho intramolecular Hbond substituents is 1. The van der Waals surface area contributed by atoms with E-state index in [0.29, 0.717) is 4.47 Å². The van der Waals surface area contributed by atoms with Gasteiger partial charge in [-0.25, -0.2) is 5.43 Å². The van der Waals surface area contributed by atoms with Gasteiger partial charge in [0, 0.05) is 31.6 Å². The minimum atomic E-state index is -0.480. The minimum absolute atomic E-state index is 0.0981. The Morgan fingerprint density at radius 1 is 1.11 bits per heavy atom. The Kier molecular flexibility index (Phi) is 6.05. The van der Waals surface area contributed by atoms with E-state index >= 15 is 0 Å². The van der Waals surface area contributed by atoms with E-state index in [1.807, 2.05) is 26.8 Å². The second kappa shape index (κ2) is 8.32. The van der Waals surface area contributed by atoms with Crippen molar-refractivity contribution in [3.8, 4) is 11.4 Å². The molecule has 7 heteroatoms. The molecule has 5 nitrogen and oxygen atoms in total. The van der Waals surface area contributed by atoms with Gasteiger partial charge in [-0.1, -0.05) is 37.9 Å². The van der Waals surface area contributed by atoms with E-state index in [1.54, 1.807) is 18.3 Å². The van der Waals surface area contributed by atoms with E-state index in [-0.39, 0.29) is 11.3 Å². The molecular weight excluding hydrogens is 486 g/mol. The molecule has 0 saturated heterocycles. The molecule has 2 N–H and O–H groups in total. The third kappa shape index (κ3) is 4.20. The van der Waals surface area contributed by atoms with Crippen LogP contribution in [0.2, 0.25) is 0 Å². The number of hydrogen-bond donors (Lipinski definition) is 2. The molecule has 0 radical (unpaired) electrons. The second-order valence-corrected chi connectivity index (χ2v) is 8.23. The van der Waals surface area contributed by atoms with Gasteiger partial charge in [-0.3, -0.25) is 4.79 Å². The first-order valence-electron chi connectivity index (χ1n) is 8.55. The zero-order chi connectivity index (χ0) is 20.4. The molecule has 2 aromatic carbocycles. The van der Waals surface area contributed by atoms with Crippen LogP contribution in [0.1, 0.15) is 32.9 Å². The number of aromatic nitrogens is 1. The van der Waals surface area contributed by atoms with Crippen molar-refractivity contribution in [1.82, 2.24) is 9.99 Å². The Morgan fingerprint density at radius 3 is 2.57 bits per heavy atom. The lowest BCUT2D eigenvalue weighted by Crippen LogP contribution is -2.17. The van der Waals surface area contributed by atoms with Crippen molar-refractivity contribution >= 4 is 44.0 Å². The highest BCUT2D eigenvalue weighted by Crippen LogP contribution is 2.25. The lowest BCUT2D eigenvalue weighted by atomic mass is 10.2. The molecule has 0 fully saturated rings. The third-order valence-corrected chi connectivity index (χ3v) is 5.80. The molecule has 0 aliphatic rings. The standard InChI is InChI=1S/C21H19Br2N3O2/c1-12-4-6-17(10-19(12)23)26-13(2)8-15(14(26)3)11-24-25-21(28)18-9-16(22)5-7-20(18)27/h4-11,27H,1-3H3,(H,25,28)/b24-11+. The van der Waals surface area contributed by atoms with E-state index in [4.69, 9.17) is 0 Å². The molecular formula is C21H19Br2N3O2. The average Bonchev–Trinajstić information content (AvgIpc) is 2.93. The van der Waals surface area contributed by atoms with Crippen LogP contribution in [0.25, 0.3) is 5.69 Å².